The molecule has 1 aliphatic rings. The molecule has 2 aromatic rings. The van der Waals surface area contributed by atoms with Gasteiger partial charge in [0.1, 0.15) is 0 Å². The Labute approximate surface area is 105 Å². The van der Waals surface area contributed by atoms with E-state index in [1.54, 1.807) is 4.90 Å². The van der Waals surface area contributed by atoms with Crippen LogP contribution in [0.25, 0.3) is 10.9 Å². The Kier molecular flexibility index (Phi) is 2.36. The van der Waals surface area contributed by atoms with Gasteiger partial charge in [0.2, 0.25) is 5.91 Å². The van der Waals surface area contributed by atoms with Crippen molar-refractivity contribution in [3.05, 3.63) is 24.4 Å². The summed E-state index contributed by atoms with van der Waals surface area (Å²) in [7, 11) is 1.90. The Bertz CT molecular complexity index is 592. The van der Waals surface area contributed by atoms with Crippen LogP contribution in [0.1, 0.15) is 6.42 Å². The van der Waals surface area contributed by atoms with E-state index in [1.165, 1.54) is 0 Å². The van der Waals surface area contributed by atoms with E-state index < -0.39 is 0 Å². The second-order valence-corrected chi connectivity index (χ2v) is 5.10. The Hall–Kier alpha value is -1.49. The van der Waals surface area contributed by atoms with Gasteiger partial charge >= 0.3 is 0 Å². The third kappa shape index (κ3) is 1.70. The smallest absolute Gasteiger partial charge is 0.228 e. The van der Waals surface area contributed by atoms with Crippen LogP contribution in [-0.2, 0) is 11.8 Å². The molecule has 1 aromatic heterocycles. The van der Waals surface area contributed by atoms with Gasteiger partial charge in [-0.3, -0.25) is 9.48 Å². The number of thiol groups is 1. The lowest BCUT2D eigenvalue weighted by molar-refractivity contribution is -0.117. The molecule has 1 fully saturated rings. The molecule has 0 aliphatic carbocycles. The van der Waals surface area contributed by atoms with Crippen molar-refractivity contribution in [2.24, 2.45) is 7.05 Å². The molecule has 1 atom stereocenters. The zero-order valence-electron chi connectivity index (χ0n) is 9.50. The third-order valence-corrected chi connectivity index (χ3v) is 3.49. The first-order valence-electron chi connectivity index (χ1n) is 5.55. The molecule has 3 rings (SSSR count). The molecule has 0 radical (unpaired) electrons. The standard InChI is InChI=1S/C12H13N3OS/c1-14-11-4-9(3-2-8(11)6-13-14)15-7-10(17)5-12(15)16/h2-4,6,10,17H,5,7H2,1H3. The summed E-state index contributed by atoms with van der Waals surface area (Å²) >= 11 is 4.36. The van der Waals surface area contributed by atoms with Crippen molar-refractivity contribution in [2.75, 3.05) is 11.4 Å². The maximum Gasteiger partial charge on any atom is 0.228 e. The summed E-state index contributed by atoms with van der Waals surface area (Å²) in [6.07, 6.45) is 2.35. The number of hydrogen-bond acceptors (Lipinski definition) is 3. The van der Waals surface area contributed by atoms with Crippen LogP contribution in [0.15, 0.2) is 24.4 Å². The van der Waals surface area contributed by atoms with Gasteiger partial charge in [0.25, 0.3) is 0 Å². The van der Waals surface area contributed by atoms with Crippen molar-refractivity contribution in [1.29, 1.82) is 0 Å². The molecule has 1 saturated heterocycles. The summed E-state index contributed by atoms with van der Waals surface area (Å²) in [6, 6.07) is 5.97. The third-order valence-electron chi connectivity index (χ3n) is 3.15. The Morgan fingerprint density at radius 3 is 3.00 bits per heavy atom. The van der Waals surface area contributed by atoms with Gasteiger partial charge in [-0.25, -0.2) is 0 Å². The van der Waals surface area contributed by atoms with Gasteiger partial charge in [-0.05, 0) is 18.2 Å². The Morgan fingerprint density at radius 2 is 2.29 bits per heavy atom. The second kappa shape index (κ2) is 3.77. The summed E-state index contributed by atoms with van der Waals surface area (Å²) in [6.45, 7) is 0.686. The monoisotopic (exact) mass is 247 g/mol. The molecule has 2 heterocycles. The molecular weight excluding hydrogens is 234 g/mol. The minimum atomic E-state index is 0.143. The number of benzene rings is 1. The van der Waals surface area contributed by atoms with Crippen LogP contribution in [0.3, 0.4) is 0 Å². The van der Waals surface area contributed by atoms with E-state index >= 15 is 0 Å². The van der Waals surface area contributed by atoms with Crippen molar-refractivity contribution in [3.63, 3.8) is 0 Å². The highest BCUT2D eigenvalue weighted by atomic mass is 32.1. The highest BCUT2D eigenvalue weighted by Crippen LogP contribution is 2.27. The van der Waals surface area contributed by atoms with E-state index in [2.05, 4.69) is 17.7 Å². The zero-order chi connectivity index (χ0) is 12.0. The van der Waals surface area contributed by atoms with E-state index in [-0.39, 0.29) is 11.2 Å². The van der Waals surface area contributed by atoms with Gasteiger partial charge in [-0.15, -0.1) is 0 Å². The van der Waals surface area contributed by atoms with Crippen LogP contribution in [0.2, 0.25) is 0 Å². The number of rotatable bonds is 1. The van der Waals surface area contributed by atoms with Crippen molar-refractivity contribution in [1.82, 2.24) is 9.78 Å². The molecule has 17 heavy (non-hydrogen) atoms. The lowest BCUT2D eigenvalue weighted by atomic mass is 10.2. The predicted molar refractivity (Wildman–Crippen MR) is 70.5 cm³/mol. The van der Waals surface area contributed by atoms with Crippen LogP contribution in [-0.4, -0.2) is 27.5 Å². The van der Waals surface area contributed by atoms with E-state index in [1.807, 2.05) is 36.1 Å². The number of anilines is 1. The van der Waals surface area contributed by atoms with Crippen molar-refractivity contribution in [3.8, 4) is 0 Å². The molecule has 1 aromatic carbocycles. The lowest BCUT2D eigenvalue weighted by Gasteiger charge is -2.16. The number of carbonyl (C=O) groups excluding carboxylic acids is 1. The molecule has 1 amide bonds. The summed E-state index contributed by atoms with van der Waals surface area (Å²) in [5, 5.41) is 5.43. The highest BCUT2D eigenvalue weighted by Gasteiger charge is 2.28. The largest absolute Gasteiger partial charge is 0.311 e. The van der Waals surface area contributed by atoms with Crippen LogP contribution in [0, 0.1) is 0 Å². The van der Waals surface area contributed by atoms with Crippen LogP contribution in [0.5, 0.6) is 0 Å². The normalized spacial score (nSPS) is 20.5. The maximum atomic E-state index is 11.8. The van der Waals surface area contributed by atoms with E-state index in [9.17, 15) is 4.79 Å². The average Bonchev–Trinajstić information content (AvgIpc) is 2.83. The van der Waals surface area contributed by atoms with E-state index in [0.717, 1.165) is 16.6 Å². The summed E-state index contributed by atoms with van der Waals surface area (Å²) in [5.41, 5.74) is 1.97. The van der Waals surface area contributed by atoms with Gasteiger partial charge in [0.15, 0.2) is 0 Å². The average molecular weight is 247 g/mol. The number of aryl methyl sites for hydroxylation is 1. The molecule has 1 aliphatic heterocycles. The molecule has 1 unspecified atom stereocenters. The summed E-state index contributed by atoms with van der Waals surface area (Å²) in [5.74, 6) is 0.145. The number of carbonyl (C=O) groups is 1. The van der Waals surface area contributed by atoms with E-state index in [4.69, 9.17) is 0 Å². The Balaban J connectivity index is 2.06. The van der Waals surface area contributed by atoms with E-state index in [0.29, 0.717) is 13.0 Å². The number of fused-ring (bicyclic) bond motifs is 1. The predicted octanol–water partition coefficient (Wildman–Crippen LogP) is 1.61. The fourth-order valence-electron chi connectivity index (χ4n) is 2.24. The van der Waals surface area contributed by atoms with Gasteiger partial charge < -0.3 is 4.90 Å². The fourth-order valence-corrected chi connectivity index (χ4v) is 2.56. The minimum absolute atomic E-state index is 0.143. The molecule has 0 bridgehead atoms. The number of aromatic nitrogens is 2. The highest BCUT2D eigenvalue weighted by molar-refractivity contribution is 7.81. The topological polar surface area (TPSA) is 38.1 Å². The molecule has 0 N–H and O–H groups in total. The molecule has 0 saturated carbocycles. The lowest BCUT2D eigenvalue weighted by Crippen LogP contribution is -2.24. The SMILES string of the molecule is Cn1ncc2ccc(N3CC(S)CC3=O)cc21. The van der Waals surface area contributed by atoms with Crippen LogP contribution in [0.4, 0.5) is 5.69 Å². The van der Waals surface area contributed by atoms with Gasteiger partial charge in [0, 0.05) is 36.3 Å². The first-order chi connectivity index (χ1) is 8.15. The quantitative estimate of drug-likeness (QED) is 0.777. The minimum Gasteiger partial charge on any atom is -0.311 e. The van der Waals surface area contributed by atoms with Crippen LogP contribution < -0.4 is 4.90 Å². The summed E-state index contributed by atoms with van der Waals surface area (Å²) in [4.78, 5) is 13.6. The zero-order valence-corrected chi connectivity index (χ0v) is 10.4. The van der Waals surface area contributed by atoms with Gasteiger partial charge in [-0.1, -0.05) is 0 Å². The van der Waals surface area contributed by atoms with Crippen LogP contribution >= 0.6 is 12.6 Å². The molecule has 5 heteroatoms. The molecule has 88 valence electrons. The number of amides is 1. The van der Waals surface area contributed by atoms with Crippen molar-refractivity contribution in [2.45, 2.75) is 11.7 Å². The Morgan fingerprint density at radius 1 is 1.47 bits per heavy atom. The maximum absolute atomic E-state index is 11.8. The molecule has 0 spiro atoms. The first-order valence-corrected chi connectivity index (χ1v) is 6.07. The van der Waals surface area contributed by atoms with Crippen molar-refractivity contribution < 1.29 is 4.79 Å². The first kappa shape index (κ1) is 10.7. The van der Waals surface area contributed by atoms with Gasteiger partial charge in [0.05, 0.1) is 11.7 Å². The van der Waals surface area contributed by atoms with Crippen molar-refractivity contribution >= 4 is 35.1 Å². The fraction of sp³-hybridized carbons (Fsp3) is 0.333. The number of hydrogen-bond donors (Lipinski definition) is 1. The van der Waals surface area contributed by atoms with Gasteiger partial charge in [-0.2, -0.15) is 17.7 Å². The molecular formula is C12H13N3OS. The molecule has 4 nitrogen and oxygen atoms in total. The number of nitrogens with zero attached hydrogens (tertiary/aromatic N) is 3. The summed E-state index contributed by atoms with van der Waals surface area (Å²) < 4.78 is 1.82. The second-order valence-electron chi connectivity index (χ2n) is 4.37.